The smallest absolute Gasteiger partial charge is 0.0697 e. The van der Waals surface area contributed by atoms with Gasteiger partial charge in [-0.15, -0.1) is 0 Å². The molecular weight excluding hydrogens is 172 g/mol. The topological polar surface area (TPSA) is 38.4 Å². The Morgan fingerprint density at radius 2 is 2.14 bits per heavy atom. The molecule has 1 rings (SSSR count). The summed E-state index contributed by atoms with van der Waals surface area (Å²) in [5, 5.41) is 0. The van der Waals surface area contributed by atoms with Crippen LogP contribution in [0.1, 0.15) is 11.1 Å². The summed E-state index contributed by atoms with van der Waals surface area (Å²) in [5.41, 5.74) is 8.51. The molecule has 0 aliphatic rings. The molecule has 2 nitrogen and oxygen atoms in total. The number of nitrogens with zero attached hydrogens (tertiary/aromatic N) is 1. The number of allylic oxidation sites excluding steroid dienone is 2. The third kappa shape index (κ3) is 2.18. The van der Waals surface area contributed by atoms with Crippen LogP contribution in [0.25, 0.3) is 5.70 Å². The van der Waals surface area contributed by atoms with Gasteiger partial charge in [-0.1, -0.05) is 36.9 Å². The first-order valence-corrected chi connectivity index (χ1v) is 4.41. The average molecular weight is 186 g/mol. The molecule has 0 saturated carbocycles. The first kappa shape index (κ1) is 10.4. The Labute approximate surface area is 84.5 Å². The Bertz CT molecular complexity index is 364. The maximum absolute atomic E-state index is 5.62. The van der Waals surface area contributed by atoms with Crippen molar-refractivity contribution in [2.45, 2.75) is 6.54 Å². The molecule has 14 heavy (non-hydrogen) atoms. The van der Waals surface area contributed by atoms with E-state index in [0.29, 0.717) is 6.54 Å². The van der Waals surface area contributed by atoms with Gasteiger partial charge in [-0.3, -0.25) is 4.99 Å². The molecule has 0 fully saturated rings. The third-order valence-corrected chi connectivity index (χ3v) is 1.96. The van der Waals surface area contributed by atoms with Crippen molar-refractivity contribution in [1.82, 2.24) is 0 Å². The molecule has 0 spiro atoms. The van der Waals surface area contributed by atoms with Gasteiger partial charge in [-0.25, -0.2) is 0 Å². The van der Waals surface area contributed by atoms with Gasteiger partial charge in [0.2, 0.25) is 0 Å². The minimum atomic E-state index is 0.500. The highest BCUT2D eigenvalue weighted by Crippen LogP contribution is 2.19. The van der Waals surface area contributed by atoms with Crippen LogP contribution >= 0.6 is 0 Å². The van der Waals surface area contributed by atoms with E-state index in [1.54, 1.807) is 6.08 Å². The van der Waals surface area contributed by atoms with Crippen LogP contribution in [0.5, 0.6) is 0 Å². The van der Waals surface area contributed by atoms with E-state index in [1.165, 1.54) is 0 Å². The van der Waals surface area contributed by atoms with Gasteiger partial charge in [-0.05, 0) is 18.4 Å². The van der Waals surface area contributed by atoms with Gasteiger partial charge in [0.05, 0.1) is 5.70 Å². The van der Waals surface area contributed by atoms with E-state index in [2.05, 4.69) is 18.3 Å². The van der Waals surface area contributed by atoms with Crippen molar-refractivity contribution in [1.29, 1.82) is 0 Å². The second-order valence-electron chi connectivity index (χ2n) is 2.81. The van der Waals surface area contributed by atoms with E-state index in [4.69, 9.17) is 5.73 Å². The van der Waals surface area contributed by atoms with E-state index in [1.807, 2.05) is 30.3 Å². The molecular formula is C12H14N2. The van der Waals surface area contributed by atoms with E-state index in [-0.39, 0.29) is 0 Å². The fraction of sp³-hybridized carbons (Fsp3) is 0.0833. The fourth-order valence-electron chi connectivity index (χ4n) is 1.29. The SMILES string of the molecule is C=C/C=C(\N=C)c1ccccc1CN. The summed E-state index contributed by atoms with van der Waals surface area (Å²) >= 11 is 0. The van der Waals surface area contributed by atoms with Crippen LogP contribution in [0.15, 0.2) is 48.0 Å². The molecule has 0 saturated heterocycles. The largest absolute Gasteiger partial charge is 0.326 e. The van der Waals surface area contributed by atoms with Crippen LogP contribution < -0.4 is 5.73 Å². The van der Waals surface area contributed by atoms with Gasteiger partial charge >= 0.3 is 0 Å². The molecule has 0 aromatic heterocycles. The zero-order valence-electron chi connectivity index (χ0n) is 8.11. The summed E-state index contributed by atoms with van der Waals surface area (Å²) < 4.78 is 0. The molecule has 0 amide bonds. The lowest BCUT2D eigenvalue weighted by Crippen LogP contribution is -2.00. The van der Waals surface area contributed by atoms with E-state index < -0.39 is 0 Å². The maximum Gasteiger partial charge on any atom is 0.0697 e. The van der Waals surface area contributed by atoms with Gasteiger partial charge in [0.25, 0.3) is 0 Å². The van der Waals surface area contributed by atoms with Gasteiger partial charge in [0, 0.05) is 12.1 Å². The summed E-state index contributed by atoms with van der Waals surface area (Å²) in [7, 11) is 0. The van der Waals surface area contributed by atoms with Gasteiger partial charge in [-0.2, -0.15) is 0 Å². The fourth-order valence-corrected chi connectivity index (χ4v) is 1.29. The highest BCUT2D eigenvalue weighted by atomic mass is 14.7. The summed E-state index contributed by atoms with van der Waals surface area (Å²) in [4.78, 5) is 3.94. The molecule has 1 aromatic rings. The Balaban J connectivity index is 3.21. The highest BCUT2D eigenvalue weighted by Gasteiger charge is 2.02. The predicted molar refractivity (Wildman–Crippen MR) is 62.1 cm³/mol. The third-order valence-electron chi connectivity index (χ3n) is 1.96. The maximum atomic E-state index is 5.62. The number of benzene rings is 1. The lowest BCUT2D eigenvalue weighted by molar-refractivity contribution is 1.06. The summed E-state index contributed by atoms with van der Waals surface area (Å²) in [5.74, 6) is 0. The molecule has 2 N–H and O–H groups in total. The minimum Gasteiger partial charge on any atom is -0.326 e. The normalized spacial score (nSPS) is 11.1. The van der Waals surface area contributed by atoms with Gasteiger partial charge in [0.15, 0.2) is 0 Å². The predicted octanol–water partition coefficient (Wildman–Crippen LogP) is 2.37. The van der Waals surface area contributed by atoms with Crippen LogP contribution in [0.4, 0.5) is 0 Å². The average Bonchev–Trinajstić information content (AvgIpc) is 2.26. The lowest BCUT2D eigenvalue weighted by atomic mass is 10.0. The molecule has 0 heterocycles. The van der Waals surface area contributed by atoms with Gasteiger partial charge in [0.1, 0.15) is 0 Å². The summed E-state index contributed by atoms with van der Waals surface area (Å²) in [6.07, 6.45) is 3.51. The number of aliphatic imine (C=N–C) groups is 1. The van der Waals surface area contributed by atoms with Crippen LogP contribution in [0.2, 0.25) is 0 Å². The molecule has 0 bridgehead atoms. The number of hydrogen-bond acceptors (Lipinski definition) is 2. The van der Waals surface area contributed by atoms with Crippen LogP contribution in [0, 0.1) is 0 Å². The quantitative estimate of drug-likeness (QED) is 0.569. The van der Waals surface area contributed by atoms with Crippen molar-refractivity contribution in [3.8, 4) is 0 Å². The Kier molecular flexibility index (Phi) is 3.83. The minimum absolute atomic E-state index is 0.500. The molecule has 72 valence electrons. The second kappa shape index (κ2) is 5.14. The number of hydrogen-bond donors (Lipinski definition) is 1. The number of rotatable bonds is 4. The van der Waals surface area contributed by atoms with Crippen molar-refractivity contribution >= 4 is 12.4 Å². The molecule has 0 radical (unpaired) electrons. The Morgan fingerprint density at radius 3 is 2.71 bits per heavy atom. The molecule has 0 aliphatic heterocycles. The Hall–Kier alpha value is -1.67. The van der Waals surface area contributed by atoms with Crippen molar-refractivity contribution < 1.29 is 0 Å². The molecule has 0 atom stereocenters. The van der Waals surface area contributed by atoms with Crippen molar-refractivity contribution in [2.24, 2.45) is 10.7 Å². The van der Waals surface area contributed by atoms with Crippen molar-refractivity contribution in [2.75, 3.05) is 0 Å². The number of nitrogens with two attached hydrogens (primary N) is 1. The lowest BCUT2D eigenvalue weighted by Gasteiger charge is -2.06. The summed E-state index contributed by atoms with van der Waals surface area (Å²) in [6.45, 7) is 7.66. The van der Waals surface area contributed by atoms with E-state index in [9.17, 15) is 0 Å². The molecule has 1 aromatic carbocycles. The van der Waals surface area contributed by atoms with Crippen LogP contribution in [0.3, 0.4) is 0 Å². The molecule has 0 aliphatic carbocycles. The zero-order chi connectivity index (χ0) is 10.4. The second-order valence-corrected chi connectivity index (χ2v) is 2.81. The molecule has 2 heteroatoms. The van der Waals surface area contributed by atoms with Gasteiger partial charge < -0.3 is 5.73 Å². The zero-order valence-corrected chi connectivity index (χ0v) is 8.11. The van der Waals surface area contributed by atoms with Crippen LogP contribution in [-0.4, -0.2) is 6.72 Å². The Morgan fingerprint density at radius 1 is 1.43 bits per heavy atom. The van der Waals surface area contributed by atoms with Crippen molar-refractivity contribution in [3.63, 3.8) is 0 Å². The summed E-state index contributed by atoms with van der Waals surface area (Å²) in [6, 6.07) is 7.88. The first-order valence-electron chi connectivity index (χ1n) is 4.41. The van der Waals surface area contributed by atoms with E-state index >= 15 is 0 Å². The van der Waals surface area contributed by atoms with Crippen LogP contribution in [-0.2, 0) is 6.54 Å². The highest BCUT2D eigenvalue weighted by molar-refractivity contribution is 5.71. The standard InChI is InChI=1S/C12H14N2/c1-3-6-12(14-2)11-8-5-4-7-10(11)9-13/h3-8H,1-2,9,13H2/b12-6-. The monoisotopic (exact) mass is 186 g/mol. The molecule has 0 unspecified atom stereocenters. The first-order chi connectivity index (χ1) is 6.83. The van der Waals surface area contributed by atoms with E-state index in [0.717, 1.165) is 16.8 Å². The van der Waals surface area contributed by atoms with Crippen molar-refractivity contribution in [3.05, 3.63) is 54.1 Å².